The molecule has 1 N–H and O–H groups in total. The molecule has 4 heteroatoms. The first-order chi connectivity index (χ1) is 9.10. The Hall–Kier alpha value is -1.06. The van der Waals surface area contributed by atoms with Crippen LogP contribution >= 0.6 is 0 Å². The van der Waals surface area contributed by atoms with Gasteiger partial charge in [-0.25, -0.2) is 4.79 Å². The third-order valence-electron chi connectivity index (χ3n) is 4.99. The van der Waals surface area contributed by atoms with Gasteiger partial charge in [-0.15, -0.1) is 0 Å². The van der Waals surface area contributed by atoms with Crippen LogP contribution in [0.25, 0.3) is 0 Å². The normalized spacial score (nSPS) is 27.0. The first-order valence-corrected chi connectivity index (χ1v) is 7.64. The SMILES string of the molecule is CCC1(C(=O)N2CCCCCC2C(=O)O)CCCC1. The highest BCUT2D eigenvalue weighted by molar-refractivity contribution is 5.87. The number of amides is 1. The molecule has 4 nitrogen and oxygen atoms in total. The van der Waals surface area contributed by atoms with Gasteiger partial charge in [-0.1, -0.05) is 32.6 Å². The first kappa shape index (κ1) is 14.4. The van der Waals surface area contributed by atoms with E-state index in [1.807, 2.05) is 0 Å². The highest BCUT2D eigenvalue weighted by Crippen LogP contribution is 2.43. The van der Waals surface area contributed by atoms with Crippen molar-refractivity contribution >= 4 is 11.9 Å². The van der Waals surface area contributed by atoms with Gasteiger partial charge in [0, 0.05) is 12.0 Å². The molecule has 1 atom stereocenters. The maximum Gasteiger partial charge on any atom is 0.326 e. The summed E-state index contributed by atoms with van der Waals surface area (Å²) in [5, 5.41) is 9.39. The number of aliphatic carboxylic acids is 1. The van der Waals surface area contributed by atoms with Gasteiger partial charge in [-0.2, -0.15) is 0 Å². The molecule has 108 valence electrons. The second-order valence-electron chi connectivity index (χ2n) is 6.04. The molecule has 1 saturated heterocycles. The average molecular weight is 267 g/mol. The molecular weight excluding hydrogens is 242 g/mol. The molecule has 1 aliphatic carbocycles. The third kappa shape index (κ3) is 2.77. The molecule has 0 bridgehead atoms. The van der Waals surface area contributed by atoms with E-state index in [-0.39, 0.29) is 11.3 Å². The van der Waals surface area contributed by atoms with Crippen LogP contribution in [0.2, 0.25) is 0 Å². The van der Waals surface area contributed by atoms with E-state index in [1.165, 1.54) is 0 Å². The van der Waals surface area contributed by atoms with Gasteiger partial charge in [-0.05, 0) is 32.1 Å². The van der Waals surface area contributed by atoms with E-state index in [2.05, 4.69) is 6.92 Å². The summed E-state index contributed by atoms with van der Waals surface area (Å²) >= 11 is 0. The first-order valence-electron chi connectivity index (χ1n) is 7.64. The smallest absolute Gasteiger partial charge is 0.326 e. The molecule has 1 amide bonds. The van der Waals surface area contributed by atoms with Gasteiger partial charge < -0.3 is 10.0 Å². The monoisotopic (exact) mass is 267 g/mol. The number of carboxylic acids is 1. The van der Waals surface area contributed by atoms with E-state index in [4.69, 9.17) is 0 Å². The summed E-state index contributed by atoms with van der Waals surface area (Å²) < 4.78 is 0. The van der Waals surface area contributed by atoms with Crippen molar-refractivity contribution < 1.29 is 14.7 Å². The van der Waals surface area contributed by atoms with Crippen LogP contribution in [-0.2, 0) is 9.59 Å². The lowest BCUT2D eigenvalue weighted by molar-refractivity contribution is -0.155. The molecule has 1 saturated carbocycles. The van der Waals surface area contributed by atoms with Crippen LogP contribution in [0.3, 0.4) is 0 Å². The fourth-order valence-corrected chi connectivity index (χ4v) is 3.68. The maximum atomic E-state index is 12.9. The van der Waals surface area contributed by atoms with Crippen LogP contribution < -0.4 is 0 Å². The van der Waals surface area contributed by atoms with Gasteiger partial charge in [-0.3, -0.25) is 4.79 Å². The van der Waals surface area contributed by atoms with E-state index >= 15 is 0 Å². The summed E-state index contributed by atoms with van der Waals surface area (Å²) in [6.07, 6.45) is 8.42. The van der Waals surface area contributed by atoms with Crippen LogP contribution in [0, 0.1) is 5.41 Å². The van der Waals surface area contributed by atoms with Gasteiger partial charge >= 0.3 is 5.97 Å². The zero-order valence-corrected chi connectivity index (χ0v) is 11.9. The third-order valence-corrected chi connectivity index (χ3v) is 4.99. The fourth-order valence-electron chi connectivity index (χ4n) is 3.68. The molecule has 0 radical (unpaired) electrons. The predicted octanol–water partition coefficient (Wildman–Crippen LogP) is 2.81. The molecule has 0 spiro atoms. The Bertz CT molecular complexity index is 347. The number of nitrogens with zero attached hydrogens (tertiary/aromatic N) is 1. The van der Waals surface area contributed by atoms with Crippen LogP contribution in [0.5, 0.6) is 0 Å². The van der Waals surface area contributed by atoms with Crippen LogP contribution in [0.15, 0.2) is 0 Å². The number of rotatable bonds is 3. The maximum absolute atomic E-state index is 12.9. The molecule has 1 heterocycles. The van der Waals surface area contributed by atoms with Crippen LogP contribution in [-0.4, -0.2) is 34.5 Å². The number of hydrogen-bond donors (Lipinski definition) is 1. The minimum atomic E-state index is -0.834. The van der Waals surface area contributed by atoms with Crippen molar-refractivity contribution in [2.75, 3.05) is 6.54 Å². The Morgan fingerprint density at radius 1 is 1.16 bits per heavy atom. The van der Waals surface area contributed by atoms with Crippen LogP contribution in [0.1, 0.15) is 64.7 Å². The Balaban J connectivity index is 2.20. The number of likely N-dealkylation sites (tertiary alicyclic amines) is 1. The molecule has 2 aliphatic rings. The summed E-state index contributed by atoms with van der Waals surface area (Å²) in [5.41, 5.74) is -0.266. The largest absolute Gasteiger partial charge is 0.480 e. The second-order valence-corrected chi connectivity index (χ2v) is 6.04. The van der Waals surface area contributed by atoms with Crippen LogP contribution in [0.4, 0.5) is 0 Å². The standard InChI is InChI=1S/C15H25NO3/c1-2-15(9-5-6-10-15)14(19)16-11-7-3-4-8-12(16)13(17)18/h12H,2-11H2,1H3,(H,17,18). The summed E-state index contributed by atoms with van der Waals surface area (Å²) in [7, 11) is 0. The predicted molar refractivity (Wildman–Crippen MR) is 72.8 cm³/mol. The minimum Gasteiger partial charge on any atom is -0.480 e. The summed E-state index contributed by atoms with van der Waals surface area (Å²) in [4.78, 5) is 26.0. The Morgan fingerprint density at radius 3 is 2.42 bits per heavy atom. The summed E-state index contributed by atoms with van der Waals surface area (Å²) in [6, 6.07) is -0.598. The zero-order chi connectivity index (χ0) is 13.9. The van der Waals surface area contributed by atoms with E-state index in [0.717, 1.165) is 51.4 Å². The highest BCUT2D eigenvalue weighted by atomic mass is 16.4. The Kier molecular flexibility index (Phi) is 4.48. The molecule has 0 aromatic carbocycles. The summed E-state index contributed by atoms with van der Waals surface area (Å²) in [5.74, 6) is -0.721. The van der Waals surface area contributed by atoms with Crippen molar-refractivity contribution in [2.45, 2.75) is 70.8 Å². The summed E-state index contributed by atoms with van der Waals surface area (Å²) in [6.45, 7) is 2.69. The van der Waals surface area contributed by atoms with E-state index in [9.17, 15) is 14.7 Å². The number of carbonyl (C=O) groups excluding carboxylic acids is 1. The quantitative estimate of drug-likeness (QED) is 0.855. The fraction of sp³-hybridized carbons (Fsp3) is 0.867. The Labute approximate surface area is 115 Å². The zero-order valence-electron chi connectivity index (χ0n) is 11.9. The lowest BCUT2D eigenvalue weighted by atomic mass is 9.81. The van der Waals surface area contributed by atoms with E-state index < -0.39 is 12.0 Å². The van der Waals surface area contributed by atoms with Gasteiger partial charge in [0.05, 0.1) is 0 Å². The Morgan fingerprint density at radius 2 is 1.84 bits per heavy atom. The minimum absolute atomic E-state index is 0.113. The number of carboxylic acid groups (broad SMARTS) is 1. The second kappa shape index (κ2) is 5.93. The molecule has 19 heavy (non-hydrogen) atoms. The molecule has 0 aromatic heterocycles. The molecular formula is C15H25NO3. The van der Waals surface area contributed by atoms with Crippen molar-refractivity contribution in [3.05, 3.63) is 0 Å². The average Bonchev–Trinajstić information content (AvgIpc) is 2.75. The van der Waals surface area contributed by atoms with Gasteiger partial charge in [0.2, 0.25) is 5.91 Å². The molecule has 0 aromatic rings. The molecule has 2 rings (SSSR count). The van der Waals surface area contributed by atoms with Gasteiger partial charge in [0.25, 0.3) is 0 Å². The van der Waals surface area contributed by atoms with Crippen molar-refractivity contribution in [1.82, 2.24) is 4.90 Å². The van der Waals surface area contributed by atoms with Crippen molar-refractivity contribution in [2.24, 2.45) is 5.41 Å². The topological polar surface area (TPSA) is 57.6 Å². The molecule has 1 unspecified atom stereocenters. The van der Waals surface area contributed by atoms with E-state index in [0.29, 0.717) is 13.0 Å². The van der Waals surface area contributed by atoms with Gasteiger partial charge in [0.15, 0.2) is 0 Å². The lowest BCUT2D eigenvalue weighted by Gasteiger charge is -2.36. The molecule has 1 aliphatic heterocycles. The van der Waals surface area contributed by atoms with E-state index in [1.54, 1.807) is 4.90 Å². The number of carbonyl (C=O) groups is 2. The van der Waals surface area contributed by atoms with Gasteiger partial charge in [0.1, 0.15) is 6.04 Å². The lowest BCUT2D eigenvalue weighted by Crippen LogP contribution is -2.50. The van der Waals surface area contributed by atoms with Crippen molar-refractivity contribution in [3.63, 3.8) is 0 Å². The van der Waals surface area contributed by atoms with Crippen molar-refractivity contribution in [3.8, 4) is 0 Å². The highest BCUT2D eigenvalue weighted by Gasteiger charge is 2.44. The molecule has 2 fully saturated rings. The van der Waals surface area contributed by atoms with Crippen molar-refractivity contribution in [1.29, 1.82) is 0 Å². The number of hydrogen-bond acceptors (Lipinski definition) is 2.